The molecule has 0 aliphatic heterocycles. The van der Waals surface area contributed by atoms with E-state index in [2.05, 4.69) is 32.5 Å². The van der Waals surface area contributed by atoms with Gasteiger partial charge in [0.1, 0.15) is 10.5 Å². The number of rotatable bonds is 7. The summed E-state index contributed by atoms with van der Waals surface area (Å²) in [6, 6.07) is 9.96. The summed E-state index contributed by atoms with van der Waals surface area (Å²) in [6.45, 7) is 0.785. The van der Waals surface area contributed by atoms with Gasteiger partial charge in [0.05, 0.1) is 0 Å². The number of hydrogen-bond acceptors (Lipinski definition) is 5. The van der Waals surface area contributed by atoms with Crippen LogP contribution in [0.1, 0.15) is 32.1 Å². The van der Waals surface area contributed by atoms with Crippen molar-refractivity contribution in [3.63, 3.8) is 0 Å². The lowest BCUT2D eigenvalue weighted by molar-refractivity contribution is -0.116. The van der Waals surface area contributed by atoms with Crippen LogP contribution in [0.2, 0.25) is 0 Å². The average Bonchev–Trinajstić information content (AvgIpc) is 3.14. The van der Waals surface area contributed by atoms with Gasteiger partial charge in [-0.05, 0) is 50.3 Å². The van der Waals surface area contributed by atoms with E-state index in [9.17, 15) is 4.79 Å². The van der Waals surface area contributed by atoms with Gasteiger partial charge >= 0.3 is 0 Å². The molecule has 1 saturated carbocycles. The Bertz CT molecular complexity index is 873. The SMILES string of the molecule is CN(CCC(=O)Nc1cccc(Nc2cc(=S)[nH]c(=S)[nH]2)c1)C1CCCC1. The van der Waals surface area contributed by atoms with Crippen LogP contribution in [-0.4, -0.2) is 40.4 Å². The zero-order chi connectivity index (χ0) is 19.2. The van der Waals surface area contributed by atoms with Gasteiger partial charge in [0, 0.05) is 36.4 Å². The second-order valence-corrected chi connectivity index (χ2v) is 7.77. The molecule has 0 saturated heterocycles. The van der Waals surface area contributed by atoms with Gasteiger partial charge in [0.15, 0.2) is 4.77 Å². The van der Waals surface area contributed by atoms with Crippen LogP contribution in [0.5, 0.6) is 0 Å². The van der Waals surface area contributed by atoms with Crippen molar-refractivity contribution >= 4 is 47.5 Å². The van der Waals surface area contributed by atoms with Crippen LogP contribution in [0.3, 0.4) is 0 Å². The number of nitrogens with zero attached hydrogens (tertiary/aromatic N) is 1. The number of carbonyl (C=O) groups excluding carboxylic acids is 1. The molecule has 6 nitrogen and oxygen atoms in total. The Hall–Kier alpha value is -2.03. The molecule has 0 radical (unpaired) electrons. The summed E-state index contributed by atoms with van der Waals surface area (Å²) >= 11 is 10.2. The van der Waals surface area contributed by atoms with Crippen molar-refractivity contribution in [1.82, 2.24) is 14.9 Å². The third kappa shape index (κ3) is 5.98. The van der Waals surface area contributed by atoms with Crippen LogP contribution in [0, 0.1) is 9.41 Å². The molecule has 1 aromatic heterocycles. The van der Waals surface area contributed by atoms with E-state index in [1.165, 1.54) is 25.7 Å². The maximum Gasteiger partial charge on any atom is 0.225 e. The second kappa shape index (κ2) is 9.25. The first kappa shape index (κ1) is 19.7. The number of anilines is 3. The third-order valence-corrected chi connectivity index (χ3v) is 5.25. The highest BCUT2D eigenvalue weighted by atomic mass is 32.1. The van der Waals surface area contributed by atoms with Gasteiger partial charge in [-0.15, -0.1) is 0 Å². The monoisotopic (exact) mass is 403 g/mol. The number of benzene rings is 1. The summed E-state index contributed by atoms with van der Waals surface area (Å²) in [4.78, 5) is 20.5. The summed E-state index contributed by atoms with van der Waals surface area (Å²) in [6.07, 6.45) is 5.59. The number of H-pyrrole nitrogens is 2. The Morgan fingerprint density at radius 3 is 2.67 bits per heavy atom. The molecule has 144 valence electrons. The number of aromatic nitrogens is 2. The summed E-state index contributed by atoms with van der Waals surface area (Å²) < 4.78 is 1.01. The van der Waals surface area contributed by atoms with Crippen LogP contribution in [0.15, 0.2) is 30.3 Å². The van der Waals surface area contributed by atoms with E-state index in [4.69, 9.17) is 24.4 Å². The molecule has 0 bridgehead atoms. The molecule has 4 N–H and O–H groups in total. The Labute approximate surface area is 169 Å². The molecular weight excluding hydrogens is 378 g/mol. The fourth-order valence-corrected chi connectivity index (χ4v) is 3.90. The number of amides is 1. The first-order valence-corrected chi connectivity index (χ1v) is 10.0. The van der Waals surface area contributed by atoms with Gasteiger partial charge in [0.25, 0.3) is 0 Å². The van der Waals surface area contributed by atoms with E-state index in [0.29, 0.717) is 27.7 Å². The minimum Gasteiger partial charge on any atom is -0.342 e. The van der Waals surface area contributed by atoms with Gasteiger partial charge in [-0.3, -0.25) is 4.79 Å². The number of hydrogen-bond donors (Lipinski definition) is 4. The fourth-order valence-electron chi connectivity index (χ4n) is 3.40. The molecule has 1 fully saturated rings. The molecular formula is C19H25N5OS2. The second-order valence-electron chi connectivity index (χ2n) is 6.92. The standard InChI is InChI=1S/C19H25N5OS2/c1-24(15-7-2-3-8-15)10-9-17(25)21-14-6-4-5-13(11-14)20-16-12-18(26)23-19(27)22-16/h4-6,11-12,15H,2-3,7-10H2,1H3,(H,21,25)(H3,20,22,23,26,27). The fraction of sp³-hybridized carbons (Fsp3) is 0.421. The molecule has 3 rings (SSSR count). The molecule has 0 atom stereocenters. The van der Waals surface area contributed by atoms with E-state index >= 15 is 0 Å². The van der Waals surface area contributed by atoms with Crippen molar-refractivity contribution in [2.45, 2.75) is 38.1 Å². The summed E-state index contributed by atoms with van der Waals surface area (Å²) in [5, 5.41) is 6.19. The molecule has 0 spiro atoms. The largest absolute Gasteiger partial charge is 0.342 e. The smallest absolute Gasteiger partial charge is 0.225 e. The lowest BCUT2D eigenvalue weighted by Crippen LogP contribution is -2.32. The van der Waals surface area contributed by atoms with Crippen molar-refractivity contribution in [3.05, 3.63) is 39.7 Å². The molecule has 1 aromatic carbocycles. The molecule has 1 heterocycles. The van der Waals surface area contributed by atoms with Crippen LogP contribution in [0.25, 0.3) is 0 Å². The lowest BCUT2D eigenvalue weighted by Gasteiger charge is -2.23. The molecule has 1 aliphatic rings. The molecule has 1 amide bonds. The summed E-state index contributed by atoms with van der Waals surface area (Å²) in [5.41, 5.74) is 1.59. The minimum atomic E-state index is 0.0264. The van der Waals surface area contributed by atoms with E-state index in [1.54, 1.807) is 6.07 Å². The van der Waals surface area contributed by atoms with Crippen molar-refractivity contribution in [2.24, 2.45) is 0 Å². The van der Waals surface area contributed by atoms with Gasteiger partial charge in [0.2, 0.25) is 5.91 Å². The predicted octanol–water partition coefficient (Wildman–Crippen LogP) is 4.75. The number of carbonyl (C=O) groups is 1. The lowest BCUT2D eigenvalue weighted by atomic mass is 10.2. The molecule has 27 heavy (non-hydrogen) atoms. The van der Waals surface area contributed by atoms with E-state index in [0.717, 1.165) is 17.9 Å². The van der Waals surface area contributed by atoms with Crippen molar-refractivity contribution in [3.8, 4) is 0 Å². The van der Waals surface area contributed by atoms with Gasteiger partial charge in [-0.25, -0.2) is 0 Å². The first-order valence-electron chi connectivity index (χ1n) is 9.20. The highest BCUT2D eigenvalue weighted by Crippen LogP contribution is 2.22. The molecule has 8 heteroatoms. The average molecular weight is 404 g/mol. The van der Waals surface area contributed by atoms with Gasteiger partial charge < -0.3 is 25.5 Å². The van der Waals surface area contributed by atoms with E-state index < -0.39 is 0 Å². The quantitative estimate of drug-likeness (QED) is 0.502. The van der Waals surface area contributed by atoms with Crippen molar-refractivity contribution < 1.29 is 4.79 Å². The van der Waals surface area contributed by atoms with Crippen LogP contribution >= 0.6 is 24.4 Å². The molecule has 2 aromatic rings. The Morgan fingerprint density at radius 1 is 1.19 bits per heavy atom. The number of aromatic amines is 2. The normalized spacial score (nSPS) is 14.4. The third-order valence-electron chi connectivity index (χ3n) is 4.83. The number of nitrogens with one attached hydrogen (secondary N) is 4. The van der Waals surface area contributed by atoms with Gasteiger partial charge in [-0.1, -0.05) is 31.1 Å². The van der Waals surface area contributed by atoms with Crippen molar-refractivity contribution in [1.29, 1.82) is 0 Å². The maximum absolute atomic E-state index is 12.3. The molecule has 0 unspecified atom stereocenters. The Morgan fingerprint density at radius 2 is 1.93 bits per heavy atom. The maximum atomic E-state index is 12.3. The van der Waals surface area contributed by atoms with Gasteiger partial charge in [-0.2, -0.15) is 0 Å². The predicted molar refractivity (Wildman–Crippen MR) is 115 cm³/mol. The zero-order valence-corrected chi connectivity index (χ0v) is 17.0. The van der Waals surface area contributed by atoms with Crippen LogP contribution < -0.4 is 10.6 Å². The molecule has 1 aliphatic carbocycles. The summed E-state index contributed by atoms with van der Waals surface area (Å²) in [5.74, 6) is 0.726. The zero-order valence-electron chi connectivity index (χ0n) is 15.4. The summed E-state index contributed by atoms with van der Waals surface area (Å²) in [7, 11) is 2.11. The van der Waals surface area contributed by atoms with E-state index in [-0.39, 0.29) is 5.91 Å². The van der Waals surface area contributed by atoms with Crippen LogP contribution in [-0.2, 0) is 4.79 Å². The topological polar surface area (TPSA) is 76.0 Å². The van der Waals surface area contributed by atoms with Crippen molar-refractivity contribution in [2.75, 3.05) is 24.2 Å². The Kier molecular flexibility index (Phi) is 6.76. The first-order chi connectivity index (χ1) is 13.0. The minimum absolute atomic E-state index is 0.0264. The highest BCUT2D eigenvalue weighted by Gasteiger charge is 2.19. The highest BCUT2D eigenvalue weighted by molar-refractivity contribution is 7.72. The Balaban J connectivity index is 1.55. The van der Waals surface area contributed by atoms with Crippen LogP contribution in [0.4, 0.5) is 17.2 Å². The van der Waals surface area contributed by atoms with E-state index in [1.807, 2.05) is 24.3 Å².